The Labute approximate surface area is 109 Å². The van der Waals surface area contributed by atoms with Gasteiger partial charge in [-0.3, -0.25) is 9.97 Å². The maximum Gasteiger partial charge on any atom is 0.0417 e. The largest absolute Gasteiger partial charge is 0.302 e. The van der Waals surface area contributed by atoms with Crippen molar-refractivity contribution >= 4 is 0 Å². The van der Waals surface area contributed by atoms with Crippen LogP contribution >= 0.6 is 0 Å². The molecule has 0 fully saturated rings. The van der Waals surface area contributed by atoms with Gasteiger partial charge in [0.25, 0.3) is 0 Å². The van der Waals surface area contributed by atoms with Gasteiger partial charge >= 0.3 is 0 Å². The van der Waals surface area contributed by atoms with E-state index in [4.69, 9.17) is 0 Å². The quantitative estimate of drug-likeness (QED) is 0.805. The lowest BCUT2D eigenvalue weighted by Crippen LogP contribution is -2.21. The fourth-order valence-corrected chi connectivity index (χ4v) is 1.91. The summed E-state index contributed by atoms with van der Waals surface area (Å²) >= 11 is 0. The molecule has 3 heteroatoms. The van der Waals surface area contributed by atoms with E-state index in [1.54, 1.807) is 0 Å². The summed E-state index contributed by atoms with van der Waals surface area (Å²) in [4.78, 5) is 11.0. The van der Waals surface area contributed by atoms with Gasteiger partial charge in [0.2, 0.25) is 0 Å². The van der Waals surface area contributed by atoms with Gasteiger partial charge in [-0.2, -0.15) is 0 Å². The standard InChI is InChI=1S/C15H19N3/c1-13-14(6-5-10-16-13)12-18(2)11-8-15-7-3-4-9-17-15/h3-7,9-10H,8,11-12H2,1-2H3. The molecule has 0 aliphatic heterocycles. The predicted molar refractivity (Wildman–Crippen MR) is 73.2 cm³/mol. The maximum atomic E-state index is 4.34. The second-order valence-electron chi connectivity index (χ2n) is 4.56. The Morgan fingerprint density at radius 1 is 1.06 bits per heavy atom. The van der Waals surface area contributed by atoms with Crippen LogP contribution in [0.25, 0.3) is 0 Å². The highest BCUT2D eigenvalue weighted by molar-refractivity contribution is 5.17. The summed E-state index contributed by atoms with van der Waals surface area (Å²) in [7, 11) is 2.13. The molecule has 2 heterocycles. The third kappa shape index (κ3) is 3.64. The highest BCUT2D eigenvalue weighted by Crippen LogP contribution is 2.07. The van der Waals surface area contributed by atoms with E-state index in [-0.39, 0.29) is 0 Å². The molecule has 0 saturated carbocycles. The van der Waals surface area contributed by atoms with E-state index in [9.17, 15) is 0 Å². The van der Waals surface area contributed by atoms with Crippen molar-refractivity contribution in [3.8, 4) is 0 Å². The van der Waals surface area contributed by atoms with Crippen LogP contribution in [0.15, 0.2) is 42.7 Å². The molecular formula is C15H19N3. The Balaban J connectivity index is 1.86. The van der Waals surface area contributed by atoms with Gasteiger partial charge < -0.3 is 4.90 Å². The molecule has 2 aromatic rings. The number of hydrogen-bond acceptors (Lipinski definition) is 3. The Hall–Kier alpha value is -1.74. The monoisotopic (exact) mass is 241 g/mol. The number of rotatable bonds is 5. The van der Waals surface area contributed by atoms with Gasteiger partial charge in [-0.15, -0.1) is 0 Å². The zero-order valence-corrected chi connectivity index (χ0v) is 11.0. The lowest BCUT2D eigenvalue weighted by molar-refractivity contribution is 0.329. The van der Waals surface area contributed by atoms with E-state index in [0.717, 1.165) is 30.9 Å². The highest BCUT2D eigenvalue weighted by Gasteiger charge is 2.04. The Kier molecular flexibility index (Phi) is 4.42. The Morgan fingerprint density at radius 2 is 1.89 bits per heavy atom. The molecule has 0 N–H and O–H groups in total. The number of aromatic nitrogens is 2. The van der Waals surface area contributed by atoms with Crippen LogP contribution in [0.3, 0.4) is 0 Å². The first-order valence-electron chi connectivity index (χ1n) is 6.24. The first-order chi connectivity index (χ1) is 8.75. The zero-order chi connectivity index (χ0) is 12.8. The molecule has 0 atom stereocenters. The number of likely N-dealkylation sites (N-methyl/N-ethyl adjacent to an activating group) is 1. The number of aryl methyl sites for hydroxylation is 1. The normalized spacial score (nSPS) is 10.8. The summed E-state index contributed by atoms with van der Waals surface area (Å²) in [6.07, 6.45) is 4.67. The minimum Gasteiger partial charge on any atom is -0.302 e. The van der Waals surface area contributed by atoms with Gasteiger partial charge in [-0.25, -0.2) is 0 Å². The van der Waals surface area contributed by atoms with E-state index in [0.29, 0.717) is 0 Å². The predicted octanol–water partition coefficient (Wildman–Crippen LogP) is 2.46. The summed E-state index contributed by atoms with van der Waals surface area (Å²) in [6.45, 7) is 4.00. The molecule has 0 radical (unpaired) electrons. The fraction of sp³-hybridized carbons (Fsp3) is 0.333. The number of hydrogen-bond donors (Lipinski definition) is 0. The van der Waals surface area contributed by atoms with Crippen molar-refractivity contribution in [3.63, 3.8) is 0 Å². The van der Waals surface area contributed by atoms with Crippen molar-refractivity contribution < 1.29 is 0 Å². The molecule has 0 spiro atoms. The van der Waals surface area contributed by atoms with Crippen LogP contribution in [0.1, 0.15) is 17.0 Å². The summed E-state index contributed by atoms with van der Waals surface area (Å²) < 4.78 is 0. The van der Waals surface area contributed by atoms with Gasteiger partial charge in [0, 0.05) is 43.3 Å². The topological polar surface area (TPSA) is 29.0 Å². The van der Waals surface area contributed by atoms with Gasteiger partial charge in [0.1, 0.15) is 0 Å². The van der Waals surface area contributed by atoms with Crippen LogP contribution in [0, 0.1) is 6.92 Å². The average molecular weight is 241 g/mol. The summed E-state index contributed by atoms with van der Waals surface area (Å²) in [5.74, 6) is 0. The van der Waals surface area contributed by atoms with Crippen molar-refractivity contribution in [3.05, 3.63) is 59.7 Å². The van der Waals surface area contributed by atoms with Crippen LogP contribution in [0.4, 0.5) is 0 Å². The summed E-state index contributed by atoms with van der Waals surface area (Å²) in [5, 5.41) is 0. The summed E-state index contributed by atoms with van der Waals surface area (Å²) in [6, 6.07) is 10.2. The van der Waals surface area contributed by atoms with Crippen LogP contribution in [-0.4, -0.2) is 28.5 Å². The molecule has 0 amide bonds. The van der Waals surface area contributed by atoms with Crippen molar-refractivity contribution in [2.45, 2.75) is 19.9 Å². The van der Waals surface area contributed by atoms with Crippen molar-refractivity contribution in [1.29, 1.82) is 0 Å². The molecule has 18 heavy (non-hydrogen) atoms. The second-order valence-corrected chi connectivity index (χ2v) is 4.56. The van der Waals surface area contributed by atoms with Crippen LogP contribution in [0.5, 0.6) is 0 Å². The van der Waals surface area contributed by atoms with Gasteiger partial charge in [-0.05, 0) is 37.7 Å². The molecule has 0 saturated heterocycles. The molecule has 0 aromatic carbocycles. The molecule has 3 nitrogen and oxygen atoms in total. The minimum atomic E-state index is 0.937. The highest BCUT2D eigenvalue weighted by atomic mass is 15.1. The molecule has 0 aliphatic rings. The third-order valence-corrected chi connectivity index (χ3v) is 3.03. The van der Waals surface area contributed by atoms with Gasteiger partial charge in [-0.1, -0.05) is 12.1 Å². The second kappa shape index (κ2) is 6.26. The van der Waals surface area contributed by atoms with E-state index < -0.39 is 0 Å². The molecule has 0 aliphatic carbocycles. The van der Waals surface area contributed by atoms with Crippen molar-refractivity contribution in [2.24, 2.45) is 0 Å². The van der Waals surface area contributed by atoms with Crippen molar-refractivity contribution in [2.75, 3.05) is 13.6 Å². The van der Waals surface area contributed by atoms with E-state index in [1.165, 1.54) is 5.56 Å². The van der Waals surface area contributed by atoms with Gasteiger partial charge in [0.05, 0.1) is 0 Å². The fourth-order valence-electron chi connectivity index (χ4n) is 1.91. The number of nitrogens with zero attached hydrogens (tertiary/aromatic N) is 3. The first kappa shape index (κ1) is 12.7. The molecule has 0 unspecified atom stereocenters. The Morgan fingerprint density at radius 3 is 2.61 bits per heavy atom. The molecule has 2 aromatic heterocycles. The minimum absolute atomic E-state index is 0.937. The molecule has 2 rings (SSSR count). The molecule has 94 valence electrons. The maximum absolute atomic E-state index is 4.34. The average Bonchev–Trinajstić information content (AvgIpc) is 2.40. The first-order valence-corrected chi connectivity index (χ1v) is 6.24. The Bertz CT molecular complexity index is 482. The van der Waals surface area contributed by atoms with Crippen LogP contribution in [-0.2, 0) is 13.0 Å². The summed E-state index contributed by atoms with van der Waals surface area (Å²) in [5.41, 5.74) is 3.55. The van der Waals surface area contributed by atoms with Crippen molar-refractivity contribution in [1.82, 2.24) is 14.9 Å². The van der Waals surface area contributed by atoms with E-state index in [1.807, 2.05) is 30.6 Å². The van der Waals surface area contributed by atoms with Gasteiger partial charge in [0.15, 0.2) is 0 Å². The molecule has 0 bridgehead atoms. The van der Waals surface area contributed by atoms with Crippen LogP contribution in [0.2, 0.25) is 0 Å². The van der Waals surface area contributed by atoms with E-state index >= 15 is 0 Å². The zero-order valence-electron chi connectivity index (χ0n) is 11.0. The van der Waals surface area contributed by atoms with E-state index in [2.05, 4.69) is 41.0 Å². The lowest BCUT2D eigenvalue weighted by atomic mass is 10.2. The lowest BCUT2D eigenvalue weighted by Gasteiger charge is -2.17. The number of pyridine rings is 2. The smallest absolute Gasteiger partial charge is 0.0417 e. The SMILES string of the molecule is Cc1ncccc1CN(C)CCc1ccccn1. The third-order valence-electron chi connectivity index (χ3n) is 3.03. The molecular weight excluding hydrogens is 222 g/mol. The van der Waals surface area contributed by atoms with Crippen LogP contribution < -0.4 is 0 Å².